The Morgan fingerprint density at radius 3 is 2.68 bits per heavy atom. The minimum atomic E-state index is -0.757. The van der Waals surface area contributed by atoms with Crippen LogP contribution in [0.2, 0.25) is 0 Å². The second-order valence-corrected chi connectivity index (χ2v) is 5.29. The normalized spacial score (nSPS) is 11.1. The molecule has 0 radical (unpaired) electrons. The lowest BCUT2D eigenvalue weighted by atomic mass is 10.2. The van der Waals surface area contributed by atoms with Crippen molar-refractivity contribution in [2.75, 3.05) is 0 Å². The van der Waals surface area contributed by atoms with Gasteiger partial charge in [0.25, 0.3) is 5.69 Å². The topological polar surface area (TPSA) is 112 Å². The standard InChI is InChI=1S/C15H10FN5O3S/c16-11-4-2-10(3-5-11)14-18-19-15(25)20(14)17-8-9-1-6-13(22)12(7-9)21(23)24/h1-8,22H,(H,19,25)/p-1/b17-8-. The molecule has 0 saturated carbocycles. The molecule has 1 heterocycles. The van der Waals surface area contributed by atoms with Crippen molar-refractivity contribution in [1.29, 1.82) is 0 Å². The predicted octanol–water partition coefficient (Wildman–Crippen LogP) is 2.61. The number of benzene rings is 2. The minimum absolute atomic E-state index is 0.186. The van der Waals surface area contributed by atoms with Crippen LogP contribution in [0.5, 0.6) is 5.75 Å². The zero-order valence-electron chi connectivity index (χ0n) is 12.4. The van der Waals surface area contributed by atoms with Gasteiger partial charge in [-0.2, -0.15) is 14.9 Å². The van der Waals surface area contributed by atoms with E-state index in [2.05, 4.69) is 15.3 Å². The summed E-state index contributed by atoms with van der Waals surface area (Å²) in [5.41, 5.74) is 0.379. The van der Waals surface area contributed by atoms with Crippen LogP contribution in [-0.4, -0.2) is 26.0 Å². The molecule has 0 aliphatic heterocycles. The predicted molar refractivity (Wildman–Crippen MR) is 88.3 cm³/mol. The number of nitro benzene ring substituents is 1. The van der Waals surface area contributed by atoms with Crippen LogP contribution >= 0.6 is 12.2 Å². The lowest BCUT2D eigenvalue weighted by Gasteiger charge is -2.06. The van der Waals surface area contributed by atoms with E-state index in [0.717, 1.165) is 12.1 Å². The van der Waals surface area contributed by atoms with E-state index in [-0.39, 0.29) is 4.77 Å². The summed E-state index contributed by atoms with van der Waals surface area (Å²) in [7, 11) is 0. The van der Waals surface area contributed by atoms with Gasteiger partial charge in [-0.15, -0.1) is 0 Å². The van der Waals surface area contributed by atoms with E-state index < -0.39 is 22.2 Å². The SMILES string of the molecule is O=[N+]([O-])c1cc(/C=N\n2c(-c3ccc(F)cc3)n[nH]c2=S)ccc1[O-]. The molecule has 3 aromatic rings. The Morgan fingerprint density at radius 2 is 2.00 bits per heavy atom. The fourth-order valence-electron chi connectivity index (χ4n) is 2.07. The summed E-state index contributed by atoms with van der Waals surface area (Å²) in [6.07, 6.45) is 1.31. The van der Waals surface area contributed by atoms with Gasteiger partial charge in [0.1, 0.15) is 5.82 Å². The Kier molecular flexibility index (Phi) is 4.35. The maximum Gasteiger partial charge on any atom is 0.262 e. The van der Waals surface area contributed by atoms with Gasteiger partial charge >= 0.3 is 0 Å². The summed E-state index contributed by atoms with van der Waals surface area (Å²) >= 11 is 5.10. The van der Waals surface area contributed by atoms with E-state index in [0.29, 0.717) is 17.0 Å². The van der Waals surface area contributed by atoms with Gasteiger partial charge in [0.05, 0.1) is 11.1 Å². The number of H-pyrrole nitrogens is 1. The number of hydrogen-bond acceptors (Lipinski definition) is 6. The molecule has 0 bridgehead atoms. The van der Waals surface area contributed by atoms with E-state index in [1.165, 1.54) is 41.2 Å². The molecule has 3 rings (SSSR count). The van der Waals surface area contributed by atoms with Gasteiger partial charge in [-0.3, -0.25) is 10.1 Å². The van der Waals surface area contributed by atoms with Crippen molar-refractivity contribution in [3.05, 3.63) is 68.7 Å². The monoisotopic (exact) mass is 358 g/mol. The number of nitrogens with one attached hydrogen (secondary N) is 1. The van der Waals surface area contributed by atoms with Gasteiger partial charge in [-0.1, -0.05) is 12.1 Å². The van der Waals surface area contributed by atoms with Gasteiger partial charge in [0, 0.05) is 17.2 Å². The molecule has 8 nitrogen and oxygen atoms in total. The average molecular weight is 358 g/mol. The number of nitrogens with zero attached hydrogens (tertiary/aromatic N) is 4. The Morgan fingerprint density at radius 1 is 1.28 bits per heavy atom. The molecule has 0 fully saturated rings. The Bertz CT molecular complexity index is 1030. The van der Waals surface area contributed by atoms with Crippen molar-refractivity contribution in [2.45, 2.75) is 0 Å². The van der Waals surface area contributed by atoms with Gasteiger partial charge in [0.15, 0.2) is 5.82 Å². The maximum atomic E-state index is 13.0. The van der Waals surface area contributed by atoms with Crippen LogP contribution in [0.25, 0.3) is 11.4 Å². The molecule has 1 aromatic heterocycles. The van der Waals surface area contributed by atoms with E-state index in [4.69, 9.17) is 12.2 Å². The number of rotatable bonds is 4. The fourth-order valence-corrected chi connectivity index (χ4v) is 2.25. The van der Waals surface area contributed by atoms with Crippen LogP contribution in [0.3, 0.4) is 0 Å². The maximum absolute atomic E-state index is 13.0. The molecule has 2 aromatic carbocycles. The lowest BCUT2D eigenvalue weighted by molar-refractivity contribution is -0.398. The summed E-state index contributed by atoms with van der Waals surface area (Å²) in [5.74, 6) is -0.733. The van der Waals surface area contributed by atoms with E-state index >= 15 is 0 Å². The molecule has 0 aliphatic carbocycles. The zero-order chi connectivity index (χ0) is 18.0. The molecule has 0 saturated heterocycles. The second kappa shape index (κ2) is 6.61. The van der Waals surface area contributed by atoms with Crippen LogP contribution in [0.1, 0.15) is 5.56 Å². The van der Waals surface area contributed by atoms with Crippen molar-refractivity contribution in [2.24, 2.45) is 5.10 Å². The van der Waals surface area contributed by atoms with Gasteiger partial charge < -0.3 is 5.11 Å². The molecular weight excluding hydrogens is 349 g/mol. The van der Waals surface area contributed by atoms with E-state index in [9.17, 15) is 19.6 Å². The number of nitro groups is 1. The first-order chi connectivity index (χ1) is 12.0. The van der Waals surface area contributed by atoms with E-state index in [1.807, 2.05) is 0 Å². The van der Waals surface area contributed by atoms with Gasteiger partial charge in [0.2, 0.25) is 4.77 Å². The third-order valence-corrected chi connectivity index (χ3v) is 3.52. The third-order valence-electron chi connectivity index (χ3n) is 3.25. The second-order valence-electron chi connectivity index (χ2n) is 4.90. The summed E-state index contributed by atoms with van der Waals surface area (Å²) in [6, 6.07) is 9.20. The van der Waals surface area contributed by atoms with Gasteiger partial charge in [-0.25, -0.2) is 9.49 Å². The number of aromatic nitrogens is 3. The number of aromatic amines is 1. The van der Waals surface area contributed by atoms with Crippen LogP contribution < -0.4 is 5.11 Å². The minimum Gasteiger partial charge on any atom is -0.868 e. The molecule has 0 aliphatic rings. The Hall–Kier alpha value is -3.40. The first-order valence-electron chi connectivity index (χ1n) is 6.89. The molecule has 0 unspecified atom stereocenters. The van der Waals surface area contributed by atoms with Crippen molar-refractivity contribution in [1.82, 2.24) is 14.9 Å². The summed E-state index contributed by atoms with van der Waals surface area (Å²) in [6.45, 7) is 0. The molecule has 25 heavy (non-hydrogen) atoms. The molecule has 1 N–H and O–H groups in total. The summed E-state index contributed by atoms with van der Waals surface area (Å²) in [5, 5.41) is 33.0. The van der Waals surface area contributed by atoms with Crippen LogP contribution in [0.4, 0.5) is 10.1 Å². The Labute approximate surface area is 145 Å². The molecule has 0 amide bonds. The van der Waals surface area contributed by atoms with Crippen molar-refractivity contribution >= 4 is 24.1 Å². The number of hydrogen-bond donors (Lipinski definition) is 1. The van der Waals surface area contributed by atoms with Gasteiger partial charge in [-0.05, 0) is 42.2 Å². The highest BCUT2D eigenvalue weighted by Gasteiger charge is 2.09. The summed E-state index contributed by atoms with van der Waals surface area (Å²) in [4.78, 5) is 10.1. The molecule has 10 heteroatoms. The van der Waals surface area contributed by atoms with Crippen LogP contribution in [0.15, 0.2) is 47.6 Å². The highest BCUT2D eigenvalue weighted by atomic mass is 32.1. The fraction of sp³-hybridized carbons (Fsp3) is 0. The smallest absolute Gasteiger partial charge is 0.262 e. The lowest BCUT2D eigenvalue weighted by Crippen LogP contribution is -1.99. The van der Waals surface area contributed by atoms with E-state index in [1.54, 1.807) is 0 Å². The zero-order valence-corrected chi connectivity index (χ0v) is 13.2. The van der Waals surface area contributed by atoms with Crippen molar-refractivity contribution < 1.29 is 14.4 Å². The first kappa shape index (κ1) is 16.5. The van der Waals surface area contributed by atoms with Crippen LogP contribution in [0, 0.1) is 20.7 Å². The molecular formula is C15H9FN5O3S-. The average Bonchev–Trinajstić information content (AvgIpc) is 2.95. The summed E-state index contributed by atoms with van der Waals surface area (Å²) < 4.78 is 14.5. The molecule has 0 atom stereocenters. The highest BCUT2D eigenvalue weighted by molar-refractivity contribution is 7.71. The third kappa shape index (κ3) is 3.43. The molecule has 0 spiro atoms. The quantitative estimate of drug-likeness (QED) is 0.333. The van der Waals surface area contributed by atoms with Crippen LogP contribution in [-0.2, 0) is 0 Å². The van der Waals surface area contributed by atoms with Crippen molar-refractivity contribution in [3.63, 3.8) is 0 Å². The molecule has 126 valence electrons. The highest BCUT2D eigenvalue weighted by Crippen LogP contribution is 2.23. The van der Waals surface area contributed by atoms with Crippen molar-refractivity contribution in [3.8, 4) is 17.1 Å². The largest absolute Gasteiger partial charge is 0.868 e. The number of halogens is 1. The Balaban J connectivity index is 1.99. The first-order valence-corrected chi connectivity index (χ1v) is 7.29.